The molecule has 0 unspecified atom stereocenters. The van der Waals surface area contributed by atoms with Crippen LogP contribution in [0.4, 0.5) is 0 Å². The third kappa shape index (κ3) is 0.826. The molecule has 0 aromatic carbocycles. The van der Waals surface area contributed by atoms with Gasteiger partial charge in [0.15, 0.2) is 0 Å². The Morgan fingerprint density at radius 2 is 1.10 bits per heavy atom. The summed E-state index contributed by atoms with van der Waals surface area (Å²) in [4.78, 5) is 0. The van der Waals surface area contributed by atoms with Gasteiger partial charge in [0.2, 0.25) is 0 Å². The number of hydrogen-bond donors (Lipinski definition) is 0. The molecule has 4 atom stereocenters. The summed E-state index contributed by atoms with van der Waals surface area (Å²) in [5, 5.41) is 0.343. The topological polar surface area (TPSA) is 0 Å². The molecule has 0 saturated carbocycles. The van der Waals surface area contributed by atoms with E-state index in [1.54, 1.807) is 0 Å². The van der Waals surface area contributed by atoms with E-state index in [0.717, 1.165) is 0 Å². The van der Waals surface area contributed by atoms with Gasteiger partial charge in [-0.1, -0.05) is 24.3 Å². The Labute approximate surface area is 70.5 Å². The molecule has 0 aliphatic heterocycles. The van der Waals surface area contributed by atoms with Crippen molar-refractivity contribution >= 4 is 23.2 Å². The molecule has 0 aromatic rings. The van der Waals surface area contributed by atoms with E-state index in [1.807, 2.05) is 12.2 Å². The van der Waals surface area contributed by atoms with Crippen LogP contribution in [0.2, 0.25) is 0 Å². The Hall–Kier alpha value is 0.0600. The zero-order valence-electron chi connectivity index (χ0n) is 5.37. The van der Waals surface area contributed by atoms with Gasteiger partial charge in [-0.15, -0.1) is 23.2 Å². The second kappa shape index (κ2) is 2.28. The van der Waals surface area contributed by atoms with E-state index >= 15 is 0 Å². The molecule has 0 saturated heterocycles. The molecule has 0 N–H and O–H groups in total. The van der Waals surface area contributed by atoms with E-state index in [2.05, 4.69) is 12.2 Å². The van der Waals surface area contributed by atoms with Crippen LogP contribution in [0.3, 0.4) is 0 Å². The average Bonchev–Trinajstić information content (AvgIpc) is 2.41. The quantitative estimate of drug-likeness (QED) is 0.392. The van der Waals surface area contributed by atoms with Crippen LogP contribution < -0.4 is 0 Å². The molecule has 0 amide bonds. The molecule has 10 heavy (non-hydrogen) atoms. The van der Waals surface area contributed by atoms with E-state index in [4.69, 9.17) is 23.2 Å². The molecule has 2 heteroatoms. The number of alkyl halides is 2. The van der Waals surface area contributed by atoms with Crippen LogP contribution >= 0.6 is 23.2 Å². The van der Waals surface area contributed by atoms with E-state index in [9.17, 15) is 0 Å². The predicted octanol–water partition coefficient (Wildman–Crippen LogP) is 2.57. The minimum Gasteiger partial charge on any atom is -0.118 e. The Morgan fingerprint density at radius 3 is 1.50 bits per heavy atom. The summed E-state index contributed by atoms with van der Waals surface area (Å²) >= 11 is 12.0. The second-order valence-electron chi connectivity index (χ2n) is 2.81. The SMILES string of the molecule is Cl[C@H]1C=C[C@H]2[C@@H]1C=C[C@@H]2Cl. The Morgan fingerprint density at radius 1 is 0.700 bits per heavy atom. The zero-order chi connectivity index (χ0) is 7.14. The van der Waals surface area contributed by atoms with Gasteiger partial charge < -0.3 is 0 Å². The van der Waals surface area contributed by atoms with Crippen LogP contribution in [0.1, 0.15) is 0 Å². The molecule has 0 spiro atoms. The van der Waals surface area contributed by atoms with Crippen molar-refractivity contribution in [1.29, 1.82) is 0 Å². The fraction of sp³-hybridized carbons (Fsp3) is 0.500. The lowest BCUT2D eigenvalue weighted by atomic mass is 9.99. The van der Waals surface area contributed by atoms with Crippen LogP contribution in [0.15, 0.2) is 24.3 Å². The summed E-state index contributed by atoms with van der Waals surface area (Å²) in [6.45, 7) is 0. The van der Waals surface area contributed by atoms with Crippen molar-refractivity contribution < 1.29 is 0 Å². The van der Waals surface area contributed by atoms with Crippen LogP contribution in [0, 0.1) is 11.8 Å². The fourth-order valence-corrected chi connectivity index (χ4v) is 2.29. The molecule has 2 rings (SSSR count). The highest BCUT2D eigenvalue weighted by Gasteiger charge is 2.35. The molecule has 0 fully saturated rings. The number of halogens is 2. The van der Waals surface area contributed by atoms with Crippen molar-refractivity contribution in [2.45, 2.75) is 10.8 Å². The lowest BCUT2D eigenvalue weighted by Gasteiger charge is -2.13. The normalized spacial score (nSPS) is 50.2. The maximum Gasteiger partial charge on any atom is 0.0585 e. The van der Waals surface area contributed by atoms with E-state index in [-0.39, 0.29) is 10.8 Å². The van der Waals surface area contributed by atoms with Gasteiger partial charge in [-0.3, -0.25) is 0 Å². The molecular weight excluding hydrogens is 167 g/mol. The maximum atomic E-state index is 5.98. The van der Waals surface area contributed by atoms with Crippen molar-refractivity contribution in [1.82, 2.24) is 0 Å². The summed E-state index contributed by atoms with van der Waals surface area (Å²) in [7, 11) is 0. The monoisotopic (exact) mass is 174 g/mol. The molecular formula is C8H8Cl2. The van der Waals surface area contributed by atoms with Crippen LogP contribution in [0.25, 0.3) is 0 Å². The lowest BCUT2D eigenvalue weighted by Crippen LogP contribution is -2.14. The Balaban J connectivity index is 2.23. The van der Waals surface area contributed by atoms with Crippen molar-refractivity contribution in [3.63, 3.8) is 0 Å². The lowest BCUT2D eigenvalue weighted by molar-refractivity contribution is 0.560. The first kappa shape index (κ1) is 6.75. The third-order valence-electron chi connectivity index (χ3n) is 2.21. The van der Waals surface area contributed by atoms with Gasteiger partial charge in [0.25, 0.3) is 0 Å². The molecule has 54 valence electrons. The first-order valence-electron chi connectivity index (χ1n) is 3.44. The summed E-state index contributed by atoms with van der Waals surface area (Å²) in [6, 6.07) is 0. The molecule has 2 aliphatic rings. The molecule has 0 heterocycles. The highest BCUT2D eigenvalue weighted by molar-refractivity contribution is 6.24. The Bertz CT molecular complexity index is 173. The summed E-state index contributed by atoms with van der Waals surface area (Å²) in [5.74, 6) is 0.924. The summed E-state index contributed by atoms with van der Waals surface area (Å²) < 4.78 is 0. The second-order valence-corrected chi connectivity index (χ2v) is 3.82. The Kier molecular flexibility index (Phi) is 1.54. The molecule has 0 aromatic heterocycles. The summed E-state index contributed by atoms with van der Waals surface area (Å²) in [6.07, 6.45) is 8.32. The van der Waals surface area contributed by atoms with Crippen LogP contribution in [-0.2, 0) is 0 Å². The van der Waals surface area contributed by atoms with Crippen molar-refractivity contribution in [3.05, 3.63) is 24.3 Å². The van der Waals surface area contributed by atoms with Gasteiger partial charge in [-0.2, -0.15) is 0 Å². The predicted molar refractivity (Wildman–Crippen MR) is 44.5 cm³/mol. The first-order valence-corrected chi connectivity index (χ1v) is 4.31. The zero-order valence-corrected chi connectivity index (χ0v) is 6.89. The van der Waals surface area contributed by atoms with Crippen molar-refractivity contribution in [2.75, 3.05) is 0 Å². The van der Waals surface area contributed by atoms with Gasteiger partial charge >= 0.3 is 0 Å². The van der Waals surface area contributed by atoms with Crippen LogP contribution in [0.5, 0.6) is 0 Å². The third-order valence-corrected chi connectivity index (χ3v) is 3.09. The van der Waals surface area contributed by atoms with E-state index in [0.29, 0.717) is 11.8 Å². The van der Waals surface area contributed by atoms with Crippen molar-refractivity contribution in [2.24, 2.45) is 11.8 Å². The molecule has 0 bridgehead atoms. The standard InChI is InChI=1S/C8H8Cl2/c9-7-3-1-5-6(7)2-4-8(5)10/h1-8H/t5-,6-,7-,8-/m0/s1. The van der Waals surface area contributed by atoms with Gasteiger partial charge in [-0.25, -0.2) is 0 Å². The smallest absolute Gasteiger partial charge is 0.0585 e. The van der Waals surface area contributed by atoms with Crippen LogP contribution in [-0.4, -0.2) is 10.8 Å². The van der Waals surface area contributed by atoms with E-state index in [1.165, 1.54) is 0 Å². The fourth-order valence-electron chi connectivity index (χ4n) is 1.62. The minimum atomic E-state index is 0.171. The average molecular weight is 175 g/mol. The first-order chi connectivity index (χ1) is 4.79. The van der Waals surface area contributed by atoms with E-state index < -0.39 is 0 Å². The number of hydrogen-bond acceptors (Lipinski definition) is 0. The number of fused-ring (bicyclic) bond motifs is 1. The van der Waals surface area contributed by atoms with Gasteiger partial charge in [0, 0.05) is 11.8 Å². The summed E-state index contributed by atoms with van der Waals surface area (Å²) in [5.41, 5.74) is 0. The number of rotatable bonds is 0. The molecule has 2 aliphatic carbocycles. The highest BCUT2D eigenvalue weighted by atomic mass is 35.5. The van der Waals surface area contributed by atoms with Crippen molar-refractivity contribution in [3.8, 4) is 0 Å². The maximum absolute atomic E-state index is 5.98. The van der Waals surface area contributed by atoms with Gasteiger partial charge in [0.05, 0.1) is 10.8 Å². The number of allylic oxidation sites excluding steroid dienone is 4. The highest BCUT2D eigenvalue weighted by Crippen LogP contribution is 2.39. The molecule has 0 nitrogen and oxygen atoms in total. The van der Waals surface area contributed by atoms with Gasteiger partial charge in [0.1, 0.15) is 0 Å². The van der Waals surface area contributed by atoms with Gasteiger partial charge in [-0.05, 0) is 0 Å². The molecule has 0 radical (unpaired) electrons. The largest absolute Gasteiger partial charge is 0.118 e. The minimum absolute atomic E-state index is 0.171.